The number of unbranched alkanes of at least 4 members (excludes halogenated alkanes) is 7. The van der Waals surface area contributed by atoms with Crippen LogP contribution in [0.15, 0.2) is 48.5 Å². The fourth-order valence-electron chi connectivity index (χ4n) is 3.81. The van der Waals surface area contributed by atoms with Crippen molar-refractivity contribution in [2.75, 3.05) is 6.61 Å². The summed E-state index contributed by atoms with van der Waals surface area (Å²) in [6.07, 6.45) is 12.4. The molecule has 0 radical (unpaired) electrons. The normalized spacial score (nSPS) is 11.4. The van der Waals surface area contributed by atoms with E-state index in [0.29, 0.717) is 11.3 Å². The van der Waals surface area contributed by atoms with E-state index in [-0.39, 0.29) is 5.97 Å². The molecule has 0 fully saturated rings. The minimum atomic E-state index is -0.914. The Hall–Kier alpha value is -2.07. The molecule has 2 aromatic rings. The third-order valence-electron chi connectivity index (χ3n) is 5.88. The Balaban J connectivity index is 1.68. The van der Waals surface area contributed by atoms with Crippen LogP contribution in [0.2, 0.25) is 25.7 Å². The van der Waals surface area contributed by atoms with Crippen LogP contribution in [0, 0.1) is 0 Å². The molecule has 0 unspecified atom stereocenters. The van der Waals surface area contributed by atoms with Crippen LogP contribution in [-0.4, -0.2) is 20.7 Å². The molecule has 0 saturated heterocycles. The van der Waals surface area contributed by atoms with Gasteiger partial charge in [0.05, 0.1) is 12.2 Å². The van der Waals surface area contributed by atoms with Crippen molar-refractivity contribution in [2.45, 2.75) is 96.8 Å². The summed E-state index contributed by atoms with van der Waals surface area (Å²) < 4.78 is 11.3. The molecule has 0 N–H and O–H groups in total. The third kappa shape index (κ3) is 12.1. The van der Waals surface area contributed by atoms with E-state index in [2.05, 4.69) is 26.6 Å². The highest BCUT2D eigenvalue weighted by Crippen LogP contribution is 2.20. The first-order valence-electron chi connectivity index (χ1n) is 12.9. The lowest BCUT2D eigenvalue weighted by Gasteiger charge is -2.14. The highest BCUT2D eigenvalue weighted by molar-refractivity contribution is 6.76. The van der Waals surface area contributed by atoms with Crippen LogP contribution >= 0.6 is 0 Å². The summed E-state index contributed by atoms with van der Waals surface area (Å²) >= 11 is 0. The topological polar surface area (TPSA) is 35.5 Å². The molecule has 0 saturated carbocycles. The molecular weight excluding hydrogens is 424 g/mol. The van der Waals surface area contributed by atoms with Crippen LogP contribution < -0.4 is 9.47 Å². The van der Waals surface area contributed by atoms with Gasteiger partial charge in [-0.3, -0.25) is 0 Å². The Labute approximate surface area is 202 Å². The average Bonchev–Trinajstić information content (AvgIpc) is 2.79. The van der Waals surface area contributed by atoms with E-state index in [9.17, 15) is 4.79 Å². The molecule has 2 rings (SSSR count). The van der Waals surface area contributed by atoms with Gasteiger partial charge in [0, 0.05) is 8.07 Å². The quantitative estimate of drug-likeness (QED) is 0.107. The van der Waals surface area contributed by atoms with Gasteiger partial charge in [-0.25, -0.2) is 4.79 Å². The van der Waals surface area contributed by atoms with Crippen LogP contribution in [0.1, 0.15) is 80.6 Å². The molecule has 2 aromatic carbocycles. The zero-order chi connectivity index (χ0) is 23.9. The van der Waals surface area contributed by atoms with E-state index in [1.54, 1.807) is 12.1 Å². The largest absolute Gasteiger partial charge is 0.494 e. The monoisotopic (exact) mass is 468 g/mol. The Kier molecular flexibility index (Phi) is 12.3. The van der Waals surface area contributed by atoms with E-state index in [0.717, 1.165) is 25.2 Å². The summed E-state index contributed by atoms with van der Waals surface area (Å²) in [4.78, 5) is 12.5. The minimum absolute atomic E-state index is 0.322. The Bertz CT molecular complexity index is 791. The number of benzene rings is 2. The van der Waals surface area contributed by atoms with Gasteiger partial charge in [0.15, 0.2) is 0 Å². The van der Waals surface area contributed by atoms with Crippen LogP contribution in [-0.2, 0) is 6.42 Å². The number of carbonyl (C=O) groups excluding carboxylic acids is 1. The van der Waals surface area contributed by atoms with Gasteiger partial charge >= 0.3 is 5.97 Å². The van der Waals surface area contributed by atoms with E-state index < -0.39 is 8.07 Å². The van der Waals surface area contributed by atoms with Crippen molar-refractivity contribution in [2.24, 2.45) is 0 Å². The fraction of sp³-hybridized carbons (Fsp3) is 0.552. The maximum Gasteiger partial charge on any atom is 0.343 e. The second kappa shape index (κ2) is 15.0. The number of ether oxygens (including phenoxy) is 2. The molecule has 0 aliphatic rings. The van der Waals surface area contributed by atoms with Crippen LogP contribution in [0.4, 0.5) is 0 Å². The lowest BCUT2D eigenvalue weighted by atomic mass is 10.1. The Morgan fingerprint density at radius 2 is 1.33 bits per heavy atom. The first kappa shape index (κ1) is 27.2. The molecule has 0 aromatic heterocycles. The second-order valence-corrected chi connectivity index (χ2v) is 15.9. The Morgan fingerprint density at radius 1 is 0.727 bits per heavy atom. The van der Waals surface area contributed by atoms with Gasteiger partial charge in [0.2, 0.25) is 0 Å². The molecule has 0 amide bonds. The maximum atomic E-state index is 12.5. The lowest BCUT2D eigenvalue weighted by Crippen LogP contribution is -2.18. The average molecular weight is 469 g/mol. The van der Waals surface area contributed by atoms with Crippen molar-refractivity contribution in [3.63, 3.8) is 0 Å². The molecule has 4 heteroatoms. The molecule has 0 heterocycles. The van der Waals surface area contributed by atoms with Gasteiger partial charge < -0.3 is 9.47 Å². The number of hydrogen-bond donors (Lipinski definition) is 0. The first-order valence-corrected chi connectivity index (χ1v) is 16.6. The number of carbonyl (C=O) groups is 1. The summed E-state index contributed by atoms with van der Waals surface area (Å²) in [5.41, 5.74) is 1.87. The van der Waals surface area contributed by atoms with Gasteiger partial charge in [0.1, 0.15) is 11.5 Å². The number of esters is 1. The smallest absolute Gasteiger partial charge is 0.343 e. The van der Waals surface area contributed by atoms with Crippen LogP contribution in [0.5, 0.6) is 11.5 Å². The van der Waals surface area contributed by atoms with Gasteiger partial charge in [-0.05, 0) is 61.2 Å². The molecule has 0 spiro atoms. The van der Waals surface area contributed by atoms with Crippen molar-refractivity contribution in [1.29, 1.82) is 0 Å². The zero-order valence-electron chi connectivity index (χ0n) is 21.3. The molecule has 0 aliphatic carbocycles. The number of rotatable bonds is 16. The van der Waals surface area contributed by atoms with Crippen LogP contribution in [0.25, 0.3) is 0 Å². The molecule has 3 nitrogen and oxygen atoms in total. The second-order valence-electron chi connectivity index (χ2n) is 10.3. The molecule has 182 valence electrons. The molecule has 0 bridgehead atoms. The number of hydrogen-bond acceptors (Lipinski definition) is 3. The standard InChI is InChI=1S/C29H44O3Si/c1-5-6-7-8-9-12-23-31-27-19-21-28(22-20-27)32-29(30)26-17-15-25(16-18-26)14-11-10-13-24-33(2,3)4/h15-22H,5-14,23-24H2,1-4H3. The molecular formula is C29H44O3Si. The minimum Gasteiger partial charge on any atom is -0.494 e. The summed E-state index contributed by atoms with van der Waals surface area (Å²) in [5, 5.41) is 0. The van der Waals surface area contributed by atoms with Crippen molar-refractivity contribution in [1.82, 2.24) is 0 Å². The molecule has 33 heavy (non-hydrogen) atoms. The van der Waals surface area contributed by atoms with Gasteiger partial charge in [-0.15, -0.1) is 0 Å². The lowest BCUT2D eigenvalue weighted by molar-refractivity contribution is 0.0734. The van der Waals surface area contributed by atoms with E-state index in [1.165, 1.54) is 63.0 Å². The van der Waals surface area contributed by atoms with Crippen molar-refractivity contribution >= 4 is 14.0 Å². The van der Waals surface area contributed by atoms with Crippen molar-refractivity contribution < 1.29 is 14.3 Å². The maximum absolute atomic E-state index is 12.5. The molecule has 0 atom stereocenters. The molecule has 0 aliphatic heterocycles. The Morgan fingerprint density at radius 3 is 2.00 bits per heavy atom. The summed E-state index contributed by atoms with van der Waals surface area (Å²) in [6, 6.07) is 16.6. The summed E-state index contributed by atoms with van der Waals surface area (Å²) in [7, 11) is -0.914. The highest BCUT2D eigenvalue weighted by Gasteiger charge is 2.12. The van der Waals surface area contributed by atoms with Crippen molar-refractivity contribution in [3.05, 3.63) is 59.7 Å². The predicted molar refractivity (Wildman–Crippen MR) is 142 cm³/mol. The van der Waals surface area contributed by atoms with Gasteiger partial charge in [-0.1, -0.05) is 89.7 Å². The van der Waals surface area contributed by atoms with Gasteiger partial charge in [0.25, 0.3) is 0 Å². The fourth-order valence-corrected chi connectivity index (χ4v) is 5.12. The predicted octanol–water partition coefficient (Wildman–Crippen LogP) is 8.70. The number of aryl methyl sites for hydroxylation is 1. The van der Waals surface area contributed by atoms with Gasteiger partial charge in [-0.2, -0.15) is 0 Å². The summed E-state index contributed by atoms with van der Waals surface area (Å²) in [5.74, 6) is 1.04. The highest BCUT2D eigenvalue weighted by atomic mass is 28.3. The summed E-state index contributed by atoms with van der Waals surface area (Å²) in [6.45, 7) is 10.3. The SMILES string of the molecule is CCCCCCCCOc1ccc(OC(=O)c2ccc(CCCCC[Si](C)(C)C)cc2)cc1. The third-order valence-corrected chi connectivity index (χ3v) is 7.74. The van der Waals surface area contributed by atoms with Crippen molar-refractivity contribution in [3.8, 4) is 11.5 Å². The van der Waals surface area contributed by atoms with E-state index in [1.807, 2.05) is 36.4 Å². The van der Waals surface area contributed by atoms with E-state index >= 15 is 0 Å². The zero-order valence-corrected chi connectivity index (χ0v) is 22.3. The van der Waals surface area contributed by atoms with Crippen LogP contribution in [0.3, 0.4) is 0 Å². The van der Waals surface area contributed by atoms with E-state index in [4.69, 9.17) is 9.47 Å². The first-order chi connectivity index (χ1) is 15.9.